The molecule has 0 atom stereocenters. The van der Waals surface area contributed by atoms with E-state index in [1.807, 2.05) is 36.4 Å². The lowest BCUT2D eigenvalue weighted by Gasteiger charge is -2.01. The van der Waals surface area contributed by atoms with E-state index in [0.29, 0.717) is 18.7 Å². The largest absolute Gasteiger partial charge is 0.349 e. The fraction of sp³-hybridized carbons (Fsp3) is 0.182. The molecule has 0 aliphatic rings. The minimum absolute atomic E-state index is 0.0620. The van der Waals surface area contributed by atoms with Crippen molar-refractivity contribution in [2.45, 2.75) is 0 Å². The summed E-state index contributed by atoms with van der Waals surface area (Å²) < 4.78 is 1.12. The summed E-state index contributed by atoms with van der Waals surface area (Å²) in [6, 6.07) is 7.43. The molecule has 0 saturated carbocycles. The molecule has 3 nitrogen and oxygen atoms in total. The molecule has 0 aromatic heterocycles. The first-order valence-electron chi connectivity index (χ1n) is 4.63. The van der Waals surface area contributed by atoms with E-state index in [9.17, 15) is 4.79 Å². The minimum Gasteiger partial charge on any atom is -0.349 e. The summed E-state index contributed by atoms with van der Waals surface area (Å²) in [5, 5.41) is 2.77. The normalized spacial score (nSPS) is 10.5. The number of benzene rings is 1. The molecular formula is C11H13IN2O. The van der Waals surface area contributed by atoms with Crippen LogP contribution in [0.15, 0.2) is 36.4 Å². The standard InChI is InChI=1S/C11H13IN2O/c12-10-5-3-9(4-6-10)11(15)14-8-2-1-7-13/h1-6H,7-8,13H2,(H,14,15)/b2-1+. The highest BCUT2D eigenvalue weighted by atomic mass is 127. The first-order chi connectivity index (χ1) is 7.24. The van der Waals surface area contributed by atoms with E-state index < -0.39 is 0 Å². The van der Waals surface area contributed by atoms with Gasteiger partial charge in [-0.1, -0.05) is 12.2 Å². The lowest BCUT2D eigenvalue weighted by molar-refractivity contribution is 0.0958. The molecule has 0 heterocycles. The van der Waals surface area contributed by atoms with Crippen LogP contribution >= 0.6 is 22.6 Å². The monoisotopic (exact) mass is 316 g/mol. The Balaban J connectivity index is 2.47. The number of carbonyl (C=O) groups is 1. The molecule has 1 aromatic rings. The quantitative estimate of drug-likeness (QED) is 0.654. The SMILES string of the molecule is NC/C=C/CNC(=O)c1ccc(I)cc1. The van der Waals surface area contributed by atoms with Gasteiger partial charge in [0, 0.05) is 22.2 Å². The van der Waals surface area contributed by atoms with Gasteiger partial charge in [-0.2, -0.15) is 0 Å². The van der Waals surface area contributed by atoms with Crippen LogP contribution in [0.25, 0.3) is 0 Å². The Kier molecular flexibility index (Phi) is 5.34. The Bertz CT molecular complexity index is 346. The second kappa shape index (κ2) is 6.58. The van der Waals surface area contributed by atoms with E-state index in [2.05, 4.69) is 27.9 Å². The topological polar surface area (TPSA) is 55.1 Å². The number of hydrogen-bond donors (Lipinski definition) is 2. The second-order valence-corrected chi connectivity index (χ2v) is 4.17. The molecule has 0 bridgehead atoms. The Hall–Kier alpha value is -0.880. The van der Waals surface area contributed by atoms with Crippen molar-refractivity contribution in [3.05, 3.63) is 45.6 Å². The van der Waals surface area contributed by atoms with Gasteiger partial charge >= 0.3 is 0 Å². The lowest BCUT2D eigenvalue weighted by atomic mass is 10.2. The number of amides is 1. The number of carbonyl (C=O) groups excluding carboxylic acids is 1. The molecule has 0 aliphatic heterocycles. The number of halogens is 1. The van der Waals surface area contributed by atoms with Crippen molar-refractivity contribution in [3.8, 4) is 0 Å². The Morgan fingerprint density at radius 1 is 1.33 bits per heavy atom. The molecular weight excluding hydrogens is 303 g/mol. The Morgan fingerprint density at radius 3 is 2.60 bits per heavy atom. The Labute approximate surface area is 103 Å². The number of nitrogens with one attached hydrogen (secondary N) is 1. The fourth-order valence-electron chi connectivity index (χ4n) is 1.03. The molecule has 4 heteroatoms. The van der Waals surface area contributed by atoms with Crippen LogP contribution in [0.2, 0.25) is 0 Å². The Morgan fingerprint density at radius 2 is 2.00 bits per heavy atom. The zero-order valence-corrected chi connectivity index (χ0v) is 10.4. The summed E-state index contributed by atoms with van der Waals surface area (Å²) in [5.41, 5.74) is 5.95. The lowest BCUT2D eigenvalue weighted by Crippen LogP contribution is -2.23. The summed E-state index contributed by atoms with van der Waals surface area (Å²) in [6.45, 7) is 1.02. The maximum atomic E-state index is 11.5. The van der Waals surface area contributed by atoms with Crippen LogP contribution in [0.3, 0.4) is 0 Å². The molecule has 0 spiro atoms. The molecule has 0 unspecified atom stereocenters. The van der Waals surface area contributed by atoms with Crippen molar-refractivity contribution in [1.82, 2.24) is 5.32 Å². The van der Waals surface area contributed by atoms with Crippen LogP contribution in [0.1, 0.15) is 10.4 Å². The van der Waals surface area contributed by atoms with Crippen LogP contribution in [-0.4, -0.2) is 19.0 Å². The zero-order valence-electron chi connectivity index (χ0n) is 8.24. The van der Waals surface area contributed by atoms with Crippen molar-refractivity contribution in [2.75, 3.05) is 13.1 Å². The molecule has 0 radical (unpaired) electrons. The van der Waals surface area contributed by atoms with Gasteiger partial charge in [0.05, 0.1) is 0 Å². The summed E-state index contributed by atoms with van der Waals surface area (Å²) in [6.07, 6.45) is 3.65. The van der Waals surface area contributed by atoms with Crippen LogP contribution in [0.4, 0.5) is 0 Å². The number of hydrogen-bond acceptors (Lipinski definition) is 2. The molecule has 1 aromatic carbocycles. The van der Waals surface area contributed by atoms with E-state index >= 15 is 0 Å². The van der Waals surface area contributed by atoms with Gasteiger partial charge < -0.3 is 11.1 Å². The number of rotatable bonds is 4. The van der Waals surface area contributed by atoms with E-state index in [1.165, 1.54) is 0 Å². The van der Waals surface area contributed by atoms with Crippen molar-refractivity contribution < 1.29 is 4.79 Å². The third kappa shape index (κ3) is 4.44. The van der Waals surface area contributed by atoms with Gasteiger partial charge in [0.1, 0.15) is 0 Å². The third-order valence-corrected chi connectivity index (χ3v) is 2.51. The predicted molar refractivity (Wildman–Crippen MR) is 69.7 cm³/mol. The van der Waals surface area contributed by atoms with Crippen molar-refractivity contribution in [2.24, 2.45) is 5.73 Å². The molecule has 80 valence electrons. The maximum Gasteiger partial charge on any atom is 0.251 e. The van der Waals surface area contributed by atoms with Gasteiger partial charge in [-0.3, -0.25) is 4.79 Å². The van der Waals surface area contributed by atoms with Crippen LogP contribution in [-0.2, 0) is 0 Å². The second-order valence-electron chi connectivity index (χ2n) is 2.92. The zero-order chi connectivity index (χ0) is 11.1. The third-order valence-electron chi connectivity index (χ3n) is 1.79. The van der Waals surface area contributed by atoms with E-state index in [0.717, 1.165) is 3.57 Å². The van der Waals surface area contributed by atoms with E-state index in [-0.39, 0.29) is 5.91 Å². The fourth-order valence-corrected chi connectivity index (χ4v) is 1.39. The number of nitrogens with two attached hydrogens (primary N) is 1. The molecule has 0 saturated heterocycles. The van der Waals surface area contributed by atoms with Crippen LogP contribution in [0, 0.1) is 3.57 Å². The van der Waals surface area contributed by atoms with Crippen LogP contribution < -0.4 is 11.1 Å². The van der Waals surface area contributed by atoms with Gasteiger partial charge in [-0.05, 0) is 46.9 Å². The smallest absolute Gasteiger partial charge is 0.251 e. The van der Waals surface area contributed by atoms with Gasteiger partial charge in [0.15, 0.2) is 0 Å². The summed E-state index contributed by atoms with van der Waals surface area (Å²) >= 11 is 2.20. The van der Waals surface area contributed by atoms with Gasteiger partial charge in [-0.25, -0.2) is 0 Å². The highest BCUT2D eigenvalue weighted by molar-refractivity contribution is 14.1. The minimum atomic E-state index is -0.0620. The van der Waals surface area contributed by atoms with Crippen molar-refractivity contribution >= 4 is 28.5 Å². The average Bonchev–Trinajstić information content (AvgIpc) is 2.25. The molecule has 1 amide bonds. The van der Waals surface area contributed by atoms with Crippen molar-refractivity contribution in [1.29, 1.82) is 0 Å². The van der Waals surface area contributed by atoms with Gasteiger partial charge in [0.25, 0.3) is 5.91 Å². The summed E-state index contributed by atoms with van der Waals surface area (Å²) in [4.78, 5) is 11.5. The van der Waals surface area contributed by atoms with E-state index in [1.54, 1.807) is 0 Å². The van der Waals surface area contributed by atoms with Crippen molar-refractivity contribution in [3.63, 3.8) is 0 Å². The van der Waals surface area contributed by atoms with E-state index in [4.69, 9.17) is 5.73 Å². The van der Waals surface area contributed by atoms with Crippen LogP contribution in [0.5, 0.6) is 0 Å². The summed E-state index contributed by atoms with van der Waals surface area (Å²) in [7, 11) is 0. The molecule has 1 rings (SSSR count). The molecule has 0 aliphatic carbocycles. The maximum absolute atomic E-state index is 11.5. The highest BCUT2D eigenvalue weighted by Crippen LogP contribution is 2.06. The van der Waals surface area contributed by atoms with Gasteiger partial charge in [-0.15, -0.1) is 0 Å². The average molecular weight is 316 g/mol. The molecule has 0 fully saturated rings. The highest BCUT2D eigenvalue weighted by Gasteiger charge is 2.02. The summed E-state index contributed by atoms with van der Waals surface area (Å²) in [5.74, 6) is -0.0620. The molecule has 3 N–H and O–H groups in total. The molecule has 15 heavy (non-hydrogen) atoms. The van der Waals surface area contributed by atoms with Gasteiger partial charge in [0.2, 0.25) is 0 Å². The first-order valence-corrected chi connectivity index (χ1v) is 5.70. The predicted octanol–water partition coefficient (Wildman–Crippen LogP) is 1.54. The first kappa shape index (κ1) is 12.2.